The predicted molar refractivity (Wildman–Crippen MR) is 87.3 cm³/mol. The van der Waals surface area contributed by atoms with E-state index in [1.54, 1.807) is 0 Å². The Morgan fingerprint density at radius 1 is 1.19 bits per heavy atom. The Kier molecular flexibility index (Phi) is 4.20. The summed E-state index contributed by atoms with van der Waals surface area (Å²) in [6.07, 6.45) is 2.67. The maximum absolute atomic E-state index is 5.99. The summed E-state index contributed by atoms with van der Waals surface area (Å²) < 4.78 is 0. The molecule has 1 aromatic heterocycles. The summed E-state index contributed by atoms with van der Waals surface area (Å²) >= 11 is 0. The molecule has 5 nitrogen and oxygen atoms in total. The average Bonchev–Trinajstić information content (AvgIpc) is 2.98. The molecule has 0 amide bonds. The summed E-state index contributed by atoms with van der Waals surface area (Å²) in [5.74, 6) is 1.74. The predicted octanol–water partition coefficient (Wildman–Crippen LogP) is 2.36. The first-order chi connectivity index (χ1) is 10.2. The quantitative estimate of drug-likeness (QED) is 0.882. The molecule has 112 valence electrons. The molecule has 21 heavy (non-hydrogen) atoms. The number of aromatic nitrogens is 2. The van der Waals surface area contributed by atoms with Crippen molar-refractivity contribution in [3.63, 3.8) is 0 Å². The zero-order chi connectivity index (χ0) is 14.7. The van der Waals surface area contributed by atoms with Crippen LogP contribution in [0.15, 0.2) is 24.3 Å². The van der Waals surface area contributed by atoms with E-state index in [0.29, 0.717) is 17.6 Å². The first-order valence-electron chi connectivity index (χ1n) is 7.71. The molecule has 0 bridgehead atoms. The lowest BCUT2D eigenvalue weighted by molar-refractivity contribution is 0.294. The van der Waals surface area contributed by atoms with Gasteiger partial charge in [-0.1, -0.05) is 19.1 Å². The normalized spacial score (nSPS) is 17.2. The van der Waals surface area contributed by atoms with Gasteiger partial charge in [-0.15, -0.1) is 0 Å². The number of likely N-dealkylation sites (tertiary alicyclic amines) is 1. The summed E-state index contributed by atoms with van der Waals surface area (Å²) in [5.41, 5.74) is 7.70. The van der Waals surface area contributed by atoms with E-state index in [9.17, 15) is 0 Å². The van der Waals surface area contributed by atoms with Crippen LogP contribution in [-0.4, -0.2) is 41.0 Å². The van der Waals surface area contributed by atoms with E-state index in [-0.39, 0.29) is 0 Å². The van der Waals surface area contributed by atoms with Gasteiger partial charge in [0.15, 0.2) is 11.6 Å². The summed E-state index contributed by atoms with van der Waals surface area (Å²) in [6.45, 7) is 6.74. The fourth-order valence-corrected chi connectivity index (χ4v) is 2.89. The fourth-order valence-electron chi connectivity index (χ4n) is 2.89. The second kappa shape index (κ2) is 6.26. The molecule has 1 atom stereocenters. The van der Waals surface area contributed by atoms with E-state index in [4.69, 9.17) is 5.73 Å². The molecule has 3 N–H and O–H groups in total. The van der Waals surface area contributed by atoms with Crippen LogP contribution in [0.5, 0.6) is 0 Å². The minimum absolute atomic E-state index is 0.474. The highest BCUT2D eigenvalue weighted by atomic mass is 15.1. The van der Waals surface area contributed by atoms with Crippen molar-refractivity contribution >= 4 is 22.7 Å². The van der Waals surface area contributed by atoms with Gasteiger partial charge in [0.25, 0.3) is 0 Å². The number of benzene rings is 1. The van der Waals surface area contributed by atoms with E-state index < -0.39 is 0 Å². The van der Waals surface area contributed by atoms with Gasteiger partial charge in [0, 0.05) is 13.1 Å². The van der Waals surface area contributed by atoms with Crippen LogP contribution < -0.4 is 11.1 Å². The number of nitrogen functional groups attached to an aromatic ring is 1. The number of anilines is 2. The molecular formula is C16H23N5. The van der Waals surface area contributed by atoms with Crippen LogP contribution in [0, 0.1) is 5.92 Å². The first kappa shape index (κ1) is 14.1. The molecule has 1 aliphatic rings. The van der Waals surface area contributed by atoms with Gasteiger partial charge in [-0.05, 0) is 44.0 Å². The molecule has 3 rings (SSSR count). The van der Waals surface area contributed by atoms with E-state index in [2.05, 4.69) is 27.1 Å². The maximum Gasteiger partial charge on any atom is 0.169 e. The monoisotopic (exact) mass is 285 g/mol. The highest BCUT2D eigenvalue weighted by Gasteiger charge is 2.15. The number of hydrogen-bond acceptors (Lipinski definition) is 5. The largest absolute Gasteiger partial charge is 0.381 e. The third-order valence-electron chi connectivity index (χ3n) is 3.98. The molecule has 1 fully saturated rings. The van der Waals surface area contributed by atoms with E-state index in [1.807, 2.05) is 24.3 Å². The summed E-state index contributed by atoms with van der Waals surface area (Å²) in [5, 5.41) is 3.35. The Hall–Kier alpha value is -1.88. The van der Waals surface area contributed by atoms with Crippen LogP contribution >= 0.6 is 0 Å². The van der Waals surface area contributed by atoms with Gasteiger partial charge in [-0.25, -0.2) is 9.97 Å². The van der Waals surface area contributed by atoms with Crippen LogP contribution in [0.1, 0.15) is 19.8 Å². The lowest BCUT2D eigenvalue weighted by Gasteiger charge is -2.20. The molecule has 1 unspecified atom stereocenters. The Labute approximate surface area is 125 Å². The van der Waals surface area contributed by atoms with Gasteiger partial charge in [0.05, 0.1) is 11.0 Å². The highest BCUT2D eigenvalue weighted by Crippen LogP contribution is 2.19. The number of nitrogens with one attached hydrogen (secondary N) is 1. The molecule has 1 aromatic carbocycles. The molecule has 0 aliphatic carbocycles. The first-order valence-corrected chi connectivity index (χ1v) is 7.71. The van der Waals surface area contributed by atoms with Gasteiger partial charge in [-0.2, -0.15) is 0 Å². The average molecular weight is 285 g/mol. The zero-order valence-corrected chi connectivity index (χ0v) is 12.5. The standard InChI is InChI=1S/C16H23N5/c1-12(11-21-8-4-5-9-21)10-18-16-15(17)19-13-6-2-3-7-14(13)20-16/h2-3,6-7,12H,4-5,8-11H2,1H3,(H2,17,19)(H,18,20). The van der Waals surface area contributed by atoms with E-state index in [1.165, 1.54) is 25.9 Å². The molecule has 2 heterocycles. The number of para-hydroxylation sites is 2. The topological polar surface area (TPSA) is 67.1 Å². The van der Waals surface area contributed by atoms with E-state index >= 15 is 0 Å². The summed E-state index contributed by atoms with van der Waals surface area (Å²) in [7, 11) is 0. The Bertz CT molecular complexity index is 607. The lowest BCUT2D eigenvalue weighted by atomic mass is 10.1. The van der Waals surface area contributed by atoms with Crippen molar-refractivity contribution in [2.45, 2.75) is 19.8 Å². The van der Waals surface area contributed by atoms with Crippen molar-refractivity contribution < 1.29 is 0 Å². The fraction of sp³-hybridized carbons (Fsp3) is 0.500. The third kappa shape index (κ3) is 3.42. The SMILES string of the molecule is CC(CNc1nc2ccccc2nc1N)CN1CCCC1. The van der Waals surface area contributed by atoms with Crippen LogP contribution in [-0.2, 0) is 0 Å². The van der Waals surface area contributed by atoms with Crippen molar-refractivity contribution in [2.24, 2.45) is 5.92 Å². The summed E-state index contributed by atoms with van der Waals surface area (Å²) in [6, 6.07) is 7.80. The van der Waals surface area contributed by atoms with Crippen LogP contribution in [0.3, 0.4) is 0 Å². The number of nitrogens with two attached hydrogens (primary N) is 1. The Balaban J connectivity index is 1.62. The van der Waals surface area contributed by atoms with Gasteiger partial charge in [0.1, 0.15) is 0 Å². The molecule has 2 aromatic rings. The zero-order valence-electron chi connectivity index (χ0n) is 12.5. The lowest BCUT2D eigenvalue weighted by Crippen LogP contribution is -2.29. The molecule has 0 saturated carbocycles. The van der Waals surface area contributed by atoms with Gasteiger partial charge < -0.3 is 16.0 Å². The van der Waals surface area contributed by atoms with Gasteiger partial charge in [0.2, 0.25) is 0 Å². The minimum Gasteiger partial charge on any atom is -0.381 e. The number of hydrogen-bond donors (Lipinski definition) is 2. The highest BCUT2D eigenvalue weighted by molar-refractivity contribution is 5.79. The van der Waals surface area contributed by atoms with Crippen molar-refractivity contribution in [3.8, 4) is 0 Å². The van der Waals surface area contributed by atoms with Crippen molar-refractivity contribution in [2.75, 3.05) is 37.2 Å². The Morgan fingerprint density at radius 3 is 2.57 bits per heavy atom. The molecule has 0 spiro atoms. The van der Waals surface area contributed by atoms with Crippen molar-refractivity contribution in [3.05, 3.63) is 24.3 Å². The Morgan fingerprint density at radius 2 is 1.86 bits per heavy atom. The molecular weight excluding hydrogens is 262 g/mol. The second-order valence-corrected chi connectivity index (χ2v) is 5.94. The van der Waals surface area contributed by atoms with Crippen molar-refractivity contribution in [1.29, 1.82) is 0 Å². The molecule has 1 aliphatic heterocycles. The van der Waals surface area contributed by atoms with Crippen LogP contribution in [0.2, 0.25) is 0 Å². The number of fused-ring (bicyclic) bond motifs is 1. The molecule has 1 saturated heterocycles. The third-order valence-corrected chi connectivity index (χ3v) is 3.98. The molecule has 0 radical (unpaired) electrons. The van der Waals surface area contributed by atoms with Crippen LogP contribution in [0.4, 0.5) is 11.6 Å². The van der Waals surface area contributed by atoms with Crippen molar-refractivity contribution in [1.82, 2.24) is 14.9 Å². The minimum atomic E-state index is 0.474. The molecule has 5 heteroatoms. The van der Waals surface area contributed by atoms with Gasteiger partial charge >= 0.3 is 0 Å². The summed E-state index contributed by atoms with van der Waals surface area (Å²) in [4.78, 5) is 11.5. The smallest absolute Gasteiger partial charge is 0.169 e. The maximum atomic E-state index is 5.99. The van der Waals surface area contributed by atoms with Crippen LogP contribution in [0.25, 0.3) is 11.0 Å². The second-order valence-electron chi connectivity index (χ2n) is 5.94. The van der Waals surface area contributed by atoms with E-state index in [0.717, 1.165) is 24.1 Å². The van der Waals surface area contributed by atoms with Gasteiger partial charge in [-0.3, -0.25) is 0 Å². The number of nitrogens with zero attached hydrogens (tertiary/aromatic N) is 3. The number of rotatable bonds is 5.